The Morgan fingerprint density at radius 3 is 2.90 bits per heavy atom. The van der Waals surface area contributed by atoms with Gasteiger partial charge in [0.25, 0.3) is 0 Å². The molecule has 2 aliphatic carbocycles. The first-order valence-electron chi connectivity index (χ1n) is 7.80. The van der Waals surface area contributed by atoms with Gasteiger partial charge in [0.1, 0.15) is 10.8 Å². The summed E-state index contributed by atoms with van der Waals surface area (Å²) in [6.45, 7) is 2.76. The van der Waals surface area contributed by atoms with Gasteiger partial charge in [-0.1, -0.05) is 0 Å². The lowest BCUT2D eigenvalue weighted by atomic mass is 10.3. The second-order valence-electron chi connectivity index (χ2n) is 6.10. The van der Waals surface area contributed by atoms with E-state index in [0.29, 0.717) is 6.04 Å². The van der Waals surface area contributed by atoms with Crippen molar-refractivity contribution in [1.29, 1.82) is 0 Å². The number of nitrogens with one attached hydrogen (secondary N) is 1. The molecule has 0 unspecified atom stereocenters. The molecule has 21 heavy (non-hydrogen) atoms. The third kappa shape index (κ3) is 3.73. The van der Waals surface area contributed by atoms with Crippen molar-refractivity contribution in [2.45, 2.75) is 57.4 Å². The van der Waals surface area contributed by atoms with Crippen LogP contribution in [0.3, 0.4) is 0 Å². The van der Waals surface area contributed by atoms with E-state index in [0.717, 1.165) is 31.4 Å². The van der Waals surface area contributed by atoms with Gasteiger partial charge in [-0.05, 0) is 37.8 Å². The second kappa shape index (κ2) is 5.91. The quantitative estimate of drug-likeness (QED) is 0.813. The molecular weight excluding hydrogens is 282 g/mol. The van der Waals surface area contributed by atoms with Crippen LogP contribution in [0.5, 0.6) is 0 Å². The normalized spacial score (nSPS) is 18.5. The average molecular weight is 303 g/mol. The first-order chi connectivity index (χ1) is 10.4. The minimum Gasteiger partial charge on any atom is -0.468 e. The molecule has 5 heteroatoms. The lowest BCUT2D eigenvalue weighted by Crippen LogP contribution is -2.25. The van der Waals surface area contributed by atoms with E-state index in [2.05, 4.69) is 21.7 Å². The fourth-order valence-electron chi connectivity index (χ4n) is 2.59. The average Bonchev–Trinajstić information content (AvgIpc) is 3.41. The first kappa shape index (κ1) is 13.5. The molecule has 0 radical (unpaired) electrons. The number of nitrogens with zero attached hydrogens (tertiary/aromatic N) is 2. The van der Waals surface area contributed by atoms with Gasteiger partial charge < -0.3 is 9.73 Å². The van der Waals surface area contributed by atoms with E-state index in [4.69, 9.17) is 9.40 Å². The Balaban J connectivity index is 1.35. The highest BCUT2D eigenvalue weighted by Gasteiger charge is 2.30. The van der Waals surface area contributed by atoms with Crippen LogP contribution in [0.1, 0.15) is 42.1 Å². The monoisotopic (exact) mass is 303 g/mol. The Bertz CT molecular complexity index is 572. The van der Waals surface area contributed by atoms with Gasteiger partial charge in [0.05, 0.1) is 18.5 Å². The summed E-state index contributed by atoms with van der Waals surface area (Å²) >= 11 is 1.78. The highest BCUT2D eigenvalue weighted by atomic mass is 32.1. The summed E-state index contributed by atoms with van der Waals surface area (Å²) in [7, 11) is 0. The van der Waals surface area contributed by atoms with Crippen molar-refractivity contribution in [3.05, 3.63) is 40.2 Å². The van der Waals surface area contributed by atoms with Crippen LogP contribution in [-0.4, -0.2) is 22.0 Å². The number of rotatable bonds is 8. The minimum atomic E-state index is 0.713. The predicted octanol–water partition coefficient (Wildman–Crippen LogP) is 3.15. The van der Waals surface area contributed by atoms with Gasteiger partial charge >= 0.3 is 0 Å². The van der Waals surface area contributed by atoms with Crippen molar-refractivity contribution in [2.75, 3.05) is 0 Å². The molecule has 4 rings (SSSR count). The molecule has 2 saturated carbocycles. The van der Waals surface area contributed by atoms with Crippen LogP contribution in [0, 0.1) is 0 Å². The van der Waals surface area contributed by atoms with Crippen molar-refractivity contribution in [2.24, 2.45) is 0 Å². The van der Waals surface area contributed by atoms with Crippen LogP contribution in [0.25, 0.3) is 0 Å². The Labute approximate surface area is 129 Å². The van der Waals surface area contributed by atoms with Gasteiger partial charge in [0.2, 0.25) is 0 Å². The molecule has 0 bridgehead atoms. The standard InChI is InChI=1S/C16H21N3OS/c1-2-15(20-7-1)10-19(14-5-6-14)9-13-11-21-16(18-13)8-17-12-3-4-12/h1-2,7,11-12,14,17H,3-6,8-10H2. The van der Waals surface area contributed by atoms with Crippen molar-refractivity contribution >= 4 is 11.3 Å². The number of thiazole rings is 1. The molecule has 0 aliphatic heterocycles. The summed E-state index contributed by atoms with van der Waals surface area (Å²) in [6.07, 6.45) is 7.03. The number of aromatic nitrogens is 1. The number of furan rings is 1. The third-order valence-electron chi connectivity index (χ3n) is 4.09. The van der Waals surface area contributed by atoms with Crippen LogP contribution in [-0.2, 0) is 19.6 Å². The maximum Gasteiger partial charge on any atom is 0.117 e. The van der Waals surface area contributed by atoms with Crippen molar-refractivity contribution < 1.29 is 4.42 Å². The zero-order valence-corrected chi connectivity index (χ0v) is 12.9. The largest absolute Gasteiger partial charge is 0.468 e. The van der Waals surface area contributed by atoms with E-state index < -0.39 is 0 Å². The first-order valence-corrected chi connectivity index (χ1v) is 8.68. The van der Waals surface area contributed by atoms with E-state index in [1.54, 1.807) is 17.6 Å². The summed E-state index contributed by atoms with van der Waals surface area (Å²) in [5, 5.41) is 6.95. The molecule has 0 atom stereocenters. The van der Waals surface area contributed by atoms with Crippen LogP contribution in [0.2, 0.25) is 0 Å². The Kier molecular flexibility index (Phi) is 3.80. The van der Waals surface area contributed by atoms with Crippen LogP contribution < -0.4 is 5.32 Å². The van der Waals surface area contributed by atoms with Gasteiger partial charge in [-0.3, -0.25) is 4.90 Å². The predicted molar refractivity (Wildman–Crippen MR) is 83.0 cm³/mol. The molecule has 0 aromatic carbocycles. The molecule has 112 valence electrons. The summed E-state index contributed by atoms with van der Waals surface area (Å²) in [5.41, 5.74) is 1.20. The fourth-order valence-corrected chi connectivity index (χ4v) is 3.32. The molecule has 1 N–H and O–H groups in total. The number of hydrogen-bond donors (Lipinski definition) is 1. The lowest BCUT2D eigenvalue weighted by Gasteiger charge is -2.19. The summed E-state index contributed by atoms with van der Waals surface area (Å²) in [6, 6.07) is 5.48. The molecule has 2 fully saturated rings. The molecule has 2 aromatic rings. The maximum atomic E-state index is 5.49. The van der Waals surface area contributed by atoms with E-state index in [1.807, 2.05) is 6.07 Å². The highest BCUT2D eigenvalue weighted by Crippen LogP contribution is 2.30. The minimum absolute atomic E-state index is 0.713. The van der Waals surface area contributed by atoms with E-state index in [9.17, 15) is 0 Å². The van der Waals surface area contributed by atoms with Gasteiger partial charge in [0, 0.05) is 30.6 Å². The van der Waals surface area contributed by atoms with E-state index >= 15 is 0 Å². The van der Waals surface area contributed by atoms with Crippen molar-refractivity contribution in [1.82, 2.24) is 15.2 Å². The molecule has 0 spiro atoms. The zero-order valence-electron chi connectivity index (χ0n) is 12.1. The van der Waals surface area contributed by atoms with Crippen molar-refractivity contribution in [3.8, 4) is 0 Å². The van der Waals surface area contributed by atoms with Gasteiger partial charge in [-0.2, -0.15) is 0 Å². The van der Waals surface area contributed by atoms with Crippen LogP contribution in [0.15, 0.2) is 28.2 Å². The highest BCUT2D eigenvalue weighted by molar-refractivity contribution is 7.09. The molecule has 2 heterocycles. The SMILES string of the molecule is c1coc(CN(Cc2csc(CNC3CC3)n2)C2CC2)c1. The van der Waals surface area contributed by atoms with Crippen molar-refractivity contribution in [3.63, 3.8) is 0 Å². The van der Waals surface area contributed by atoms with Gasteiger partial charge in [0.15, 0.2) is 0 Å². The molecule has 4 nitrogen and oxygen atoms in total. The van der Waals surface area contributed by atoms with E-state index in [-0.39, 0.29) is 0 Å². The van der Waals surface area contributed by atoms with E-state index in [1.165, 1.54) is 36.4 Å². The Morgan fingerprint density at radius 2 is 2.19 bits per heavy atom. The Morgan fingerprint density at radius 1 is 1.29 bits per heavy atom. The summed E-state index contributed by atoms with van der Waals surface area (Å²) < 4.78 is 5.49. The summed E-state index contributed by atoms with van der Waals surface area (Å²) in [4.78, 5) is 7.27. The Hall–Kier alpha value is -1.17. The molecule has 2 aromatic heterocycles. The lowest BCUT2D eigenvalue weighted by molar-refractivity contribution is 0.223. The van der Waals surface area contributed by atoms with Crippen LogP contribution >= 0.6 is 11.3 Å². The zero-order chi connectivity index (χ0) is 14.1. The third-order valence-corrected chi connectivity index (χ3v) is 4.98. The smallest absolute Gasteiger partial charge is 0.117 e. The maximum absolute atomic E-state index is 5.49. The summed E-state index contributed by atoms with van der Waals surface area (Å²) in [5.74, 6) is 1.05. The van der Waals surface area contributed by atoms with Crippen LogP contribution in [0.4, 0.5) is 0 Å². The molecule has 0 saturated heterocycles. The molecule has 0 amide bonds. The topological polar surface area (TPSA) is 41.3 Å². The molecule has 2 aliphatic rings. The molecular formula is C16H21N3OS. The van der Waals surface area contributed by atoms with Gasteiger partial charge in [-0.25, -0.2) is 4.98 Å². The second-order valence-corrected chi connectivity index (χ2v) is 7.05. The number of hydrogen-bond acceptors (Lipinski definition) is 5. The van der Waals surface area contributed by atoms with Gasteiger partial charge in [-0.15, -0.1) is 11.3 Å². The fraction of sp³-hybridized carbons (Fsp3) is 0.562.